The van der Waals surface area contributed by atoms with Crippen molar-refractivity contribution >= 4 is 37.4 Å². The van der Waals surface area contributed by atoms with E-state index in [1.807, 2.05) is 36.9 Å². The molecule has 0 bridgehead atoms. The molecule has 0 unspecified atom stereocenters. The first-order valence-electron chi connectivity index (χ1n) is 16.3. The number of amides is 1. The summed E-state index contributed by atoms with van der Waals surface area (Å²) in [6, 6.07) is 10.9. The molecule has 3 heterocycles. The van der Waals surface area contributed by atoms with Gasteiger partial charge in [0.05, 0.1) is 42.8 Å². The average molecular weight is 698 g/mol. The molecule has 2 aromatic heterocycles. The largest absolute Gasteiger partial charge is 0.421 e. The number of alkyl halides is 3. The molecule has 1 amide bonds. The van der Waals surface area contributed by atoms with Gasteiger partial charge in [0.1, 0.15) is 11.4 Å². The van der Waals surface area contributed by atoms with Gasteiger partial charge in [0.15, 0.2) is 8.38 Å². The Balaban J connectivity index is 1.26. The number of halogens is 3. The molecule has 1 saturated carbocycles. The molecule has 0 spiro atoms. The number of aromatic nitrogens is 4. The summed E-state index contributed by atoms with van der Waals surface area (Å²) in [5.41, 5.74) is 3.27. The van der Waals surface area contributed by atoms with Crippen molar-refractivity contribution in [2.24, 2.45) is 0 Å². The number of hydrogen-bond donors (Lipinski definition) is 3. The smallest absolute Gasteiger partial charge is 0.393 e. The number of rotatable bonds is 12. The molecule has 0 radical (unpaired) electrons. The van der Waals surface area contributed by atoms with Crippen LogP contribution in [0.1, 0.15) is 72.6 Å². The molecular formula is C34H39F3N7O4P. The van der Waals surface area contributed by atoms with Gasteiger partial charge in [-0.15, -0.1) is 0 Å². The lowest BCUT2D eigenvalue weighted by atomic mass is 9.93. The Morgan fingerprint density at radius 1 is 1.00 bits per heavy atom. The fraction of sp³-hybridized carbons (Fsp3) is 0.412. The highest BCUT2D eigenvalue weighted by molar-refractivity contribution is 7.46. The number of aliphatic hydroxyl groups excluding tert-OH is 1. The van der Waals surface area contributed by atoms with Crippen LogP contribution >= 0.6 is 8.38 Å². The number of fused-ring (bicyclic) bond motifs is 1. The molecule has 4 aromatic rings. The fourth-order valence-electron chi connectivity index (χ4n) is 6.19. The van der Waals surface area contributed by atoms with E-state index in [9.17, 15) is 23.1 Å². The summed E-state index contributed by atoms with van der Waals surface area (Å²) in [7, 11) is 0.589. The van der Waals surface area contributed by atoms with Crippen molar-refractivity contribution in [1.29, 1.82) is 0 Å². The Morgan fingerprint density at radius 2 is 1.71 bits per heavy atom. The van der Waals surface area contributed by atoms with E-state index < -0.39 is 25.9 Å². The Bertz CT molecular complexity index is 1770. The van der Waals surface area contributed by atoms with E-state index in [4.69, 9.17) is 9.05 Å². The molecule has 49 heavy (non-hydrogen) atoms. The first kappa shape index (κ1) is 34.8. The van der Waals surface area contributed by atoms with E-state index in [-0.39, 0.29) is 41.8 Å². The summed E-state index contributed by atoms with van der Waals surface area (Å²) in [5, 5.41) is 20.3. The van der Waals surface area contributed by atoms with E-state index in [1.165, 1.54) is 4.90 Å². The van der Waals surface area contributed by atoms with Crippen LogP contribution in [0.4, 0.5) is 36.3 Å². The van der Waals surface area contributed by atoms with Crippen LogP contribution < -0.4 is 10.6 Å². The first-order valence-corrected chi connectivity index (χ1v) is 17.6. The minimum Gasteiger partial charge on any atom is -0.393 e. The van der Waals surface area contributed by atoms with Crippen LogP contribution in [0.2, 0.25) is 0 Å². The molecular weight excluding hydrogens is 658 g/mol. The molecule has 1 aliphatic heterocycles. The van der Waals surface area contributed by atoms with Crippen LogP contribution in [0.5, 0.6) is 0 Å². The fourth-order valence-corrected chi connectivity index (χ4v) is 7.53. The SMILES string of the molecule is CCOP(Cc1ccc(Nc2ncc(C(F)(F)F)c(Nc3ccc(-c4cnn(C5CCC(O)CC5)c4)c4c3C(=O)N(C)C4)n2)cc1)OCC. The van der Waals surface area contributed by atoms with Gasteiger partial charge in [0.2, 0.25) is 5.95 Å². The minimum atomic E-state index is -4.75. The first-order chi connectivity index (χ1) is 23.5. The molecule has 15 heteroatoms. The predicted octanol–water partition coefficient (Wildman–Crippen LogP) is 7.79. The Morgan fingerprint density at radius 3 is 2.39 bits per heavy atom. The lowest BCUT2D eigenvalue weighted by Crippen LogP contribution is -2.21. The van der Waals surface area contributed by atoms with Gasteiger partial charge in [0.25, 0.3) is 5.91 Å². The zero-order valence-corrected chi connectivity index (χ0v) is 28.4. The van der Waals surface area contributed by atoms with Crippen LogP contribution in [0.15, 0.2) is 55.0 Å². The second-order valence-electron chi connectivity index (χ2n) is 12.1. The number of nitrogens with zero attached hydrogens (tertiary/aromatic N) is 5. The highest BCUT2D eigenvalue weighted by Crippen LogP contribution is 2.43. The van der Waals surface area contributed by atoms with Crippen LogP contribution in [0.3, 0.4) is 0 Å². The topological polar surface area (TPSA) is 127 Å². The summed E-state index contributed by atoms with van der Waals surface area (Å²) in [6.45, 7) is 5.20. The summed E-state index contributed by atoms with van der Waals surface area (Å²) < 4.78 is 55.8. The molecule has 6 rings (SSSR count). The Labute approximate surface area is 283 Å². The zero-order valence-electron chi connectivity index (χ0n) is 27.5. The van der Waals surface area contributed by atoms with Crippen molar-refractivity contribution in [2.45, 2.75) is 70.6 Å². The molecule has 3 N–H and O–H groups in total. The van der Waals surface area contributed by atoms with E-state index in [0.717, 1.165) is 35.7 Å². The lowest BCUT2D eigenvalue weighted by Gasteiger charge is -2.25. The van der Waals surface area contributed by atoms with Crippen LogP contribution in [0, 0.1) is 0 Å². The third kappa shape index (κ3) is 7.88. The van der Waals surface area contributed by atoms with Gasteiger partial charge in [-0.2, -0.15) is 23.3 Å². The third-order valence-corrected chi connectivity index (χ3v) is 10.4. The number of aliphatic hydroxyl groups is 1. The summed E-state index contributed by atoms with van der Waals surface area (Å²) >= 11 is 0. The van der Waals surface area contributed by atoms with Crippen molar-refractivity contribution in [3.8, 4) is 11.1 Å². The van der Waals surface area contributed by atoms with Crippen LogP contribution in [-0.4, -0.2) is 62.0 Å². The highest BCUT2D eigenvalue weighted by atomic mass is 31.2. The number of nitrogens with one attached hydrogen (secondary N) is 2. The standard InChI is InChI=1S/C34H39F3N7O4P/c1-4-47-49(48-5-2)20-21-6-8-23(9-7-21)40-33-38-17-28(34(35,36)37)31(42-33)41-29-15-14-26(27-19-43(3)32(46)30(27)29)22-16-39-44(18-22)24-10-12-25(45)13-11-24/h6-9,14-18,24-25,45H,4-5,10-13,19-20H2,1-3H3,(H2,38,40,41,42). The molecule has 0 saturated heterocycles. The highest BCUT2D eigenvalue weighted by Gasteiger charge is 2.37. The summed E-state index contributed by atoms with van der Waals surface area (Å²) in [4.78, 5) is 23.1. The number of hydrogen-bond acceptors (Lipinski definition) is 9. The normalized spacial score (nSPS) is 17.9. The number of carbonyl (C=O) groups is 1. The van der Waals surface area contributed by atoms with E-state index in [1.54, 1.807) is 37.5 Å². The predicted molar refractivity (Wildman–Crippen MR) is 181 cm³/mol. The monoisotopic (exact) mass is 697 g/mol. The molecule has 2 aromatic carbocycles. The maximum Gasteiger partial charge on any atom is 0.421 e. The van der Waals surface area contributed by atoms with Gasteiger partial charge in [-0.1, -0.05) is 18.2 Å². The van der Waals surface area contributed by atoms with Gasteiger partial charge in [-0.05, 0) is 74.4 Å². The van der Waals surface area contributed by atoms with E-state index in [0.29, 0.717) is 43.5 Å². The van der Waals surface area contributed by atoms with Gasteiger partial charge in [0, 0.05) is 43.4 Å². The Kier molecular flexibility index (Phi) is 10.5. The van der Waals surface area contributed by atoms with Crippen molar-refractivity contribution in [1.82, 2.24) is 24.6 Å². The number of benzene rings is 2. The average Bonchev–Trinajstić information content (AvgIpc) is 3.67. The maximum atomic E-state index is 14.2. The van der Waals surface area contributed by atoms with Crippen molar-refractivity contribution in [3.63, 3.8) is 0 Å². The molecule has 11 nitrogen and oxygen atoms in total. The quantitative estimate of drug-likeness (QED) is 0.127. The van der Waals surface area contributed by atoms with Crippen molar-refractivity contribution < 1.29 is 32.1 Å². The third-order valence-electron chi connectivity index (χ3n) is 8.64. The summed E-state index contributed by atoms with van der Waals surface area (Å²) in [6.07, 6.45) is 3.03. The van der Waals surface area contributed by atoms with E-state index >= 15 is 0 Å². The molecule has 0 atom stereocenters. The van der Waals surface area contributed by atoms with Gasteiger partial charge in [-0.3, -0.25) is 9.48 Å². The van der Waals surface area contributed by atoms with Gasteiger partial charge < -0.3 is 29.7 Å². The molecule has 2 aliphatic rings. The van der Waals surface area contributed by atoms with E-state index in [2.05, 4.69) is 25.7 Å². The number of anilines is 4. The molecule has 1 fully saturated rings. The van der Waals surface area contributed by atoms with Crippen LogP contribution in [0.25, 0.3) is 11.1 Å². The van der Waals surface area contributed by atoms with Gasteiger partial charge >= 0.3 is 6.18 Å². The second kappa shape index (κ2) is 14.8. The van der Waals surface area contributed by atoms with Gasteiger partial charge in [-0.25, -0.2) is 4.98 Å². The van der Waals surface area contributed by atoms with Crippen LogP contribution in [-0.2, 0) is 27.9 Å². The van der Waals surface area contributed by atoms with Crippen molar-refractivity contribution in [2.75, 3.05) is 30.9 Å². The number of carbonyl (C=O) groups excluding carboxylic acids is 1. The minimum absolute atomic E-state index is 0.0477. The Hall–Kier alpha value is -4.10. The zero-order chi connectivity index (χ0) is 34.7. The molecule has 260 valence electrons. The maximum absolute atomic E-state index is 14.2. The second-order valence-corrected chi connectivity index (χ2v) is 13.6. The van der Waals surface area contributed by atoms with Crippen molar-refractivity contribution in [3.05, 3.63) is 77.2 Å². The lowest BCUT2D eigenvalue weighted by molar-refractivity contribution is -0.137. The molecule has 1 aliphatic carbocycles. The summed E-state index contributed by atoms with van der Waals surface area (Å²) in [5.74, 6) is -0.842.